The van der Waals surface area contributed by atoms with Crippen molar-refractivity contribution in [3.8, 4) is 11.1 Å². The van der Waals surface area contributed by atoms with E-state index in [-0.39, 0.29) is 0 Å². The Balaban J connectivity index is 2.33. The van der Waals surface area contributed by atoms with E-state index in [0.717, 1.165) is 5.65 Å². The fourth-order valence-electron chi connectivity index (χ4n) is 1.86. The Bertz CT molecular complexity index is 629. The second kappa shape index (κ2) is 3.90. The van der Waals surface area contributed by atoms with Crippen LogP contribution in [0.1, 0.15) is 0 Å². The molecule has 1 aromatic carbocycles. The number of rotatable bonds is 1. The number of H-pyrrole nitrogens is 1. The number of hydrogen-bond acceptors (Lipinski definition) is 1. The molecule has 0 fully saturated rings. The summed E-state index contributed by atoms with van der Waals surface area (Å²) in [6.07, 6.45) is 3.85. The number of halogens is 1. The summed E-state index contributed by atoms with van der Waals surface area (Å²) < 4.78 is 1.22. The predicted molar refractivity (Wildman–Crippen MR) is 74.2 cm³/mol. The first kappa shape index (κ1) is 9.84. The van der Waals surface area contributed by atoms with Crippen LogP contribution >= 0.6 is 22.6 Å². The molecule has 16 heavy (non-hydrogen) atoms. The van der Waals surface area contributed by atoms with Gasteiger partial charge in [-0.05, 0) is 34.2 Å². The maximum atomic E-state index is 4.33. The van der Waals surface area contributed by atoms with Gasteiger partial charge in [-0.1, -0.05) is 30.3 Å². The van der Waals surface area contributed by atoms with Crippen LogP contribution in [0.25, 0.3) is 22.2 Å². The van der Waals surface area contributed by atoms with E-state index in [9.17, 15) is 0 Å². The van der Waals surface area contributed by atoms with Gasteiger partial charge in [-0.3, -0.25) is 0 Å². The third-order valence-corrected chi connectivity index (χ3v) is 3.51. The molecule has 0 aliphatic rings. The lowest BCUT2D eigenvalue weighted by Gasteiger charge is -2.00. The van der Waals surface area contributed by atoms with Crippen molar-refractivity contribution in [3.63, 3.8) is 0 Å². The molecular weight excluding hydrogens is 311 g/mol. The van der Waals surface area contributed by atoms with Crippen LogP contribution in [0.15, 0.2) is 48.8 Å². The van der Waals surface area contributed by atoms with Gasteiger partial charge in [0.25, 0.3) is 0 Å². The summed E-state index contributed by atoms with van der Waals surface area (Å²) in [4.78, 5) is 7.54. The molecule has 2 heterocycles. The van der Waals surface area contributed by atoms with Crippen molar-refractivity contribution in [3.05, 3.63) is 52.4 Å². The molecule has 0 aliphatic heterocycles. The average Bonchev–Trinajstić information content (AvgIpc) is 2.75. The van der Waals surface area contributed by atoms with Crippen molar-refractivity contribution in [2.45, 2.75) is 0 Å². The van der Waals surface area contributed by atoms with Crippen molar-refractivity contribution in [2.75, 3.05) is 0 Å². The Kier molecular flexibility index (Phi) is 2.40. The number of aromatic nitrogens is 2. The molecule has 0 spiro atoms. The Labute approximate surface area is 107 Å². The summed E-state index contributed by atoms with van der Waals surface area (Å²) in [6.45, 7) is 0. The van der Waals surface area contributed by atoms with E-state index in [2.05, 4.69) is 56.8 Å². The molecule has 0 atom stereocenters. The van der Waals surface area contributed by atoms with Crippen LogP contribution in [0.5, 0.6) is 0 Å². The largest absolute Gasteiger partial charge is 0.345 e. The number of hydrogen-bond donors (Lipinski definition) is 1. The van der Waals surface area contributed by atoms with Crippen molar-refractivity contribution in [2.24, 2.45) is 0 Å². The summed E-state index contributed by atoms with van der Waals surface area (Å²) in [6, 6.07) is 12.4. The van der Waals surface area contributed by atoms with E-state index in [1.165, 1.54) is 20.1 Å². The Morgan fingerprint density at radius 2 is 1.88 bits per heavy atom. The first-order chi connectivity index (χ1) is 7.86. The molecular formula is C13H9IN2. The molecule has 0 saturated heterocycles. The first-order valence-corrected chi connectivity index (χ1v) is 6.11. The average molecular weight is 320 g/mol. The highest BCUT2D eigenvalue weighted by atomic mass is 127. The number of nitrogens with zero attached hydrogens (tertiary/aromatic N) is 1. The van der Waals surface area contributed by atoms with Crippen LogP contribution in [0.2, 0.25) is 0 Å². The third kappa shape index (κ3) is 1.51. The number of fused-ring (bicyclic) bond motifs is 1. The van der Waals surface area contributed by atoms with E-state index in [0.29, 0.717) is 0 Å². The lowest BCUT2D eigenvalue weighted by atomic mass is 10.1. The molecule has 0 bridgehead atoms. The molecule has 0 aliphatic carbocycles. The maximum absolute atomic E-state index is 4.33. The first-order valence-electron chi connectivity index (χ1n) is 5.03. The molecule has 0 saturated carbocycles. The Morgan fingerprint density at radius 1 is 1.06 bits per heavy atom. The zero-order valence-electron chi connectivity index (χ0n) is 8.44. The van der Waals surface area contributed by atoms with Gasteiger partial charge < -0.3 is 4.98 Å². The van der Waals surface area contributed by atoms with Crippen LogP contribution < -0.4 is 0 Å². The molecule has 2 aromatic heterocycles. The van der Waals surface area contributed by atoms with Crippen molar-refractivity contribution in [1.82, 2.24) is 9.97 Å². The molecule has 0 radical (unpaired) electrons. The summed E-state index contributed by atoms with van der Waals surface area (Å²) in [5, 5.41) is 1.20. The lowest BCUT2D eigenvalue weighted by Crippen LogP contribution is -1.80. The van der Waals surface area contributed by atoms with Crippen LogP contribution in [-0.2, 0) is 0 Å². The molecule has 0 amide bonds. The smallest absolute Gasteiger partial charge is 0.138 e. The van der Waals surface area contributed by atoms with Gasteiger partial charge >= 0.3 is 0 Å². The molecule has 1 N–H and O–H groups in total. The number of nitrogens with one attached hydrogen (secondary N) is 1. The minimum Gasteiger partial charge on any atom is -0.345 e. The van der Waals surface area contributed by atoms with Crippen LogP contribution in [0.4, 0.5) is 0 Å². The quantitative estimate of drug-likeness (QED) is 0.678. The molecule has 78 valence electrons. The SMILES string of the molecule is Ic1ccnc2[nH]cc(-c3ccccc3)c12. The van der Waals surface area contributed by atoms with Gasteiger partial charge in [0.1, 0.15) is 5.65 Å². The molecule has 3 rings (SSSR count). The predicted octanol–water partition coefficient (Wildman–Crippen LogP) is 3.83. The van der Waals surface area contributed by atoms with Gasteiger partial charge in [0.2, 0.25) is 0 Å². The van der Waals surface area contributed by atoms with Gasteiger partial charge in [-0.15, -0.1) is 0 Å². The van der Waals surface area contributed by atoms with Gasteiger partial charge in [-0.2, -0.15) is 0 Å². The van der Waals surface area contributed by atoms with Gasteiger partial charge in [-0.25, -0.2) is 4.98 Å². The highest BCUT2D eigenvalue weighted by Gasteiger charge is 2.08. The van der Waals surface area contributed by atoms with Gasteiger partial charge in [0.05, 0.1) is 0 Å². The van der Waals surface area contributed by atoms with E-state index in [1.54, 1.807) is 0 Å². The summed E-state index contributed by atoms with van der Waals surface area (Å²) in [7, 11) is 0. The van der Waals surface area contributed by atoms with E-state index in [1.807, 2.05) is 24.5 Å². The Morgan fingerprint density at radius 3 is 2.69 bits per heavy atom. The normalized spacial score (nSPS) is 10.8. The standard InChI is InChI=1S/C13H9IN2/c14-11-6-7-15-13-12(11)10(8-16-13)9-4-2-1-3-5-9/h1-8H,(H,15,16). The van der Waals surface area contributed by atoms with E-state index >= 15 is 0 Å². The minimum absolute atomic E-state index is 0.950. The summed E-state index contributed by atoms with van der Waals surface area (Å²) >= 11 is 2.35. The number of aromatic amines is 1. The fourth-order valence-corrected chi connectivity index (χ4v) is 2.57. The fraction of sp³-hybridized carbons (Fsp3) is 0. The maximum Gasteiger partial charge on any atom is 0.138 e. The second-order valence-corrected chi connectivity index (χ2v) is 4.75. The van der Waals surface area contributed by atoms with E-state index in [4.69, 9.17) is 0 Å². The van der Waals surface area contributed by atoms with Crippen molar-refractivity contribution < 1.29 is 0 Å². The highest BCUT2D eigenvalue weighted by molar-refractivity contribution is 14.1. The Hall–Kier alpha value is -1.36. The summed E-state index contributed by atoms with van der Waals surface area (Å²) in [5.74, 6) is 0. The van der Waals surface area contributed by atoms with Crippen LogP contribution in [0, 0.1) is 3.57 Å². The van der Waals surface area contributed by atoms with E-state index < -0.39 is 0 Å². The topological polar surface area (TPSA) is 28.7 Å². The van der Waals surface area contributed by atoms with Crippen LogP contribution in [-0.4, -0.2) is 9.97 Å². The molecule has 2 nitrogen and oxygen atoms in total. The second-order valence-electron chi connectivity index (χ2n) is 3.58. The van der Waals surface area contributed by atoms with Gasteiger partial charge in [0.15, 0.2) is 0 Å². The molecule has 0 unspecified atom stereocenters. The number of benzene rings is 1. The zero-order chi connectivity index (χ0) is 11.0. The lowest BCUT2D eigenvalue weighted by molar-refractivity contribution is 1.32. The van der Waals surface area contributed by atoms with Crippen molar-refractivity contribution in [1.29, 1.82) is 0 Å². The third-order valence-electron chi connectivity index (χ3n) is 2.61. The summed E-state index contributed by atoms with van der Waals surface area (Å²) in [5.41, 5.74) is 3.39. The van der Waals surface area contributed by atoms with Gasteiger partial charge in [0, 0.05) is 26.9 Å². The highest BCUT2D eigenvalue weighted by Crippen LogP contribution is 2.30. The minimum atomic E-state index is 0.950. The van der Waals surface area contributed by atoms with Crippen LogP contribution in [0.3, 0.4) is 0 Å². The number of pyridine rings is 1. The van der Waals surface area contributed by atoms with Crippen molar-refractivity contribution >= 4 is 33.6 Å². The monoisotopic (exact) mass is 320 g/mol. The molecule has 3 aromatic rings. The molecule has 3 heteroatoms. The zero-order valence-corrected chi connectivity index (χ0v) is 10.6.